The number of rotatable bonds is 14. The van der Waals surface area contributed by atoms with Crippen LogP contribution < -0.4 is 16.2 Å². The topological polar surface area (TPSA) is 178 Å². The lowest BCUT2D eigenvalue weighted by Crippen LogP contribution is -2.54. The van der Waals surface area contributed by atoms with Gasteiger partial charge in [-0.3, -0.25) is 4.79 Å². The molecule has 0 radical (unpaired) electrons. The summed E-state index contributed by atoms with van der Waals surface area (Å²) in [6.07, 6.45) is 7.02. The van der Waals surface area contributed by atoms with E-state index >= 15 is 0 Å². The normalized spacial score (nSPS) is 15.4. The quantitative estimate of drug-likeness (QED) is 0.190. The Bertz CT molecular complexity index is 483. The maximum absolute atomic E-state index is 11.4. The molecule has 170 valence electrons. The number of carbonyl (C=O) groups is 2. The van der Waals surface area contributed by atoms with Crippen LogP contribution in [0.1, 0.15) is 65.2 Å². The molecule has 0 saturated carbocycles. The minimum absolute atomic E-state index is 0.735. The molecule has 0 aromatic carbocycles. The smallest absolute Gasteiger partial charge is 0.255 e. The molecule has 0 unspecified atom stereocenters. The molecule has 8 N–H and O–H groups in total. The number of aliphatic carboxylic acids is 1. The maximum Gasteiger partial charge on any atom is 0.255 e. The van der Waals surface area contributed by atoms with E-state index in [-0.39, 0.29) is 0 Å². The number of quaternary nitrogens is 1. The second-order valence-electron chi connectivity index (χ2n) is 6.56. The fraction of sp³-hybridized carbons (Fsp3) is 0.700. The van der Waals surface area contributed by atoms with Crippen molar-refractivity contribution in [2.75, 3.05) is 0 Å². The van der Waals surface area contributed by atoms with Crippen LogP contribution in [0.2, 0.25) is 0 Å². The van der Waals surface area contributed by atoms with Crippen LogP contribution in [0, 0.1) is 0 Å². The number of aliphatic hydroxyl groups excluding tert-OH is 4. The van der Waals surface area contributed by atoms with Crippen molar-refractivity contribution in [1.82, 2.24) is 5.32 Å². The predicted octanol–water partition coefficient (Wildman–Crippen LogP) is -1.29. The van der Waals surface area contributed by atoms with Gasteiger partial charge in [-0.15, -0.1) is 0 Å². The minimum atomic E-state index is -2.41. The van der Waals surface area contributed by atoms with Crippen LogP contribution in [0.3, 0.4) is 0 Å². The van der Waals surface area contributed by atoms with Gasteiger partial charge < -0.3 is 41.4 Å². The van der Waals surface area contributed by atoms with Crippen LogP contribution in [0.25, 0.3) is 0 Å². The van der Waals surface area contributed by atoms with Crippen LogP contribution in [-0.2, 0) is 9.59 Å². The molecule has 0 aliphatic heterocycles. The van der Waals surface area contributed by atoms with Gasteiger partial charge in [0.05, 0.1) is 12.2 Å². The fourth-order valence-corrected chi connectivity index (χ4v) is 2.12. The second kappa shape index (κ2) is 19.5. The Morgan fingerprint density at radius 2 is 1.38 bits per heavy atom. The highest BCUT2D eigenvalue weighted by atomic mass is 16.4. The summed E-state index contributed by atoms with van der Waals surface area (Å²) in [5, 5.41) is 49.6. The molecule has 0 bridgehead atoms. The Kier molecular flexibility index (Phi) is 19.8. The van der Waals surface area contributed by atoms with E-state index in [1.54, 1.807) is 6.08 Å². The summed E-state index contributed by atoms with van der Waals surface area (Å²) in [4.78, 5) is 21.8. The van der Waals surface area contributed by atoms with Gasteiger partial charge >= 0.3 is 0 Å². The van der Waals surface area contributed by atoms with Crippen LogP contribution in [0.15, 0.2) is 24.6 Å². The molecule has 0 spiro atoms. The van der Waals surface area contributed by atoms with E-state index in [0.717, 1.165) is 25.7 Å². The van der Waals surface area contributed by atoms with E-state index in [1.807, 2.05) is 6.20 Å². The molecule has 0 aliphatic carbocycles. The molecular formula is C20H38N2O7. The summed E-state index contributed by atoms with van der Waals surface area (Å²) in [5.74, 6) is -3.05. The molecule has 29 heavy (non-hydrogen) atoms. The summed E-state index contributed by atoms with van der Waals surface area (Å²) < 4.78 is 0. The Labute approximate surface area is 172 Å². The highest BCUT2D eigenvalue weighted by molar-refractivity contribution is 5.82. The molecule has 0 fully saturated rings. The Morgan fingerprint density at radius 1 is 0.897 bits per heavy atom. The zero-order valence-electron chi connectivity index (χ0n) is 17.5. The summed E-state index contributed by atoms with van der Waals surface area (Å²) in [5.41, 5.74) is 3.60. The van der Waals surface area contributed by atoms with Gasteiger partial charge in [0, 0.05) is 0 Å². The zero-order valence-corrected chi connectivity index (χ0v) is 17.5. The van der Waals surface area contributed by atoms with E-state index in [1.165, 1.54) is 31.9 Å². The highest BCUT2D eigenvalue weighted by Gasteiger charge is 2.34. The van der Waals surface area contributed by atoms with E-state index in [0.29, 0.717) is 0 Å². The summed E-state index contributed by atoms with van der Waals surface area (Å²) in [6, 6.07) is 0. The van der Waals surface area contributed by atoms with Gasteiger partial charge in [-0.1, -0.05) is 45.6 Å². The number of carboxylic acid groups (broad SMARTS) is 1. The largest absolute Gasteiger partial charge is 0.547 e. The predicted molar refractivity (Wildman–Crippen MR) is 107 cm³/mol. The third-order valence-electron chi connectivity index (χ3n) is 3.97. The SMILES string of the molecule is CCCCCC=CNC(=O)[C@@H](O)[C@H](O)[C@@H](O)[C@@H](O)C(=O)[O-].CCCCCC=C[NH3+]. The molecule has 1 amide bonds. The first kappa shape index (κ1) is 29.4. The van der Waals surface area contributed by atoms with Crippen molar-refractivity contribution in [1.29, 1.82) is 0 Å². The average molecular weight is 419 g/mol. The van der Waals surface area contributed by atoms with Crippen LogP contribution in [0.4, 0.5) is 0 Å². The zero-order chi connectivity index (χ0) is 22.7. The number of aliphatic hydroxyl groups is 4. The first-order valence-corrected chi connectivity index (χ1v) is 10.1. The molecule has 0 aromatic rings. The molecule has 4 atom stereocenters. The molecule has 9 heteroatoms. The Hall–Kier alpha value is -1.78. The average Bonchev–Trinajstić information content (AvgIpc) is 2.71. The van der Waals surface area contributed by atoms with E-state index < -0.39 is 36.3 Å². The first-order chi connectivity index (χ1) is 13.7. The maximum atomic E-state index is 11.4. The van der Waals surface area contributed by atoms with Gasteiger partial charge in [0.15, 0.2) is 6.10 Å². The van der Waals surface area contributed by atoms with Crippen molar-refractivity contribution < 1.29 is 40.9 Å². The molecule has 0 aromatic heterocycles. The molecule has 0 rings (SSSR count). The monoisotopic (exact) mass is 418 g/mol. The van der Waals surface area contributed by atoms with E-state index in [9.17, 15) is 30.0 Å². The number of nitrogens with one attached hydrogen (secondary N) is 1. The summed E-state index contributed by atoms with van der Waals surface area (Å²) >= 11 is 0. The van der Waals surface area contributed by atoms with Crippen molar-refractivity contribution in [3.63, 3.8) is 0 Å². The van der Waals surface area contributed by atoms with Gasteiger partial charge in [-0.25, -0.2) is 0 Å². The molecule has 0 aliphatic rings. The third-order valence-corrected chi connectivity index (χ3v) is 3.97. The highest BCUT2D eigenvalue weighted by Crippen LogP contribution is 2.05. The van der Waals surface area contributed by atoms with Crippen molar-refractivity contribution in [3.05, 3.63) is 24.6 Å². The Balaban J connectivity index is 0. The molecule has 0 heterocycles. The number of unbranched alkanes of at least 4 members (excludes halogenated alkanes) is 6. The van der Waals surface area contributed by atoms with Crippen molar-refractivity contribution in [2.45, 2.75) is 89.6 Å². The standard InChI is InChI=1S/C13H23NO7.C7H15N/c1-2-3-4-5-6-7-14-12(19)10(17)8(15)9(16)11(18)13(20)21;1-2-3-4-5-6-7-8/h6-11,15-18H,2-5H2,1H3,(H,14,19)(H,20,21);6-7H,2-5,8H2,1H3/t8-,9-,10+,11-;/m1./s1. The van der Waals surface area contributed by atoms with Crippen molar-refractivity contribution in [3.8, 4) is 0 Å². The van der Waals surface area contributed by atoms with Gasteiger partial charge in [0.25, 0.3) is 5.91 Å². The van der Waals surface area contributed by atoms with Crippen molar-refractivity contribution in [2.24, 2.45) is 0 Å². The number of amides is 1. The van der Waals surface area contributed by atoms with Crippen LogP contribution in [-0.4, -0.2) is 56.7 Å². The van der Waals surface area contributed by atoms with Gasteiger partial charge in [-0.05, 0) is 38.0 Å². The van der Waals surface area contributed by atoms with Gasteiger partial charge in [0.2, 0.25) is 0 Å². The molecular weight excluding hydrogens is 380 g/mol. The van der Waals surface area contributed by atoms with Crippen LogP contribution in [0.5, 0.6) is 0 Å². The third kappa shape index (κ3) is 15.8. The van der Waals surface area contributed by atoms with E-state index in [2.05, 4.69) is 31.0 Å². The lowest BCUT2D eigenvalue weighted by atomic mass is 10.0. The van der Waals surface area contributed by atoms with Crippen LogP contribution >= 0.6 is 0 Å². The lowest BCUT2D eigenvalue weighted by molar-refractivity contribution is -0.320. The number of allylic oxidation sites excluding steroid dienone is 2. The number of carbonyl (C=O) groups excluding carboxylic acids is 2. The second-order valence-corrected chi connectivity index (χ2v) is 6.56. The number of hydrogen-bond acceptors (Lipinski definition) is 7. The van der Waals surface area contributed by atoms with Crippen molar-refractivity contribution >= 4 is 11.9 Å². The summed E-state index contributed by atoms with van der Waals surface area (Å²) in [7, 11) is 0. The minimum Gasteiger partial charge on any atom is -0.547 e. The first-order valence-electron chi connectivity index (χ1n) is 10.1. The molecule has 9 nitrogen and oxygen atoms in total. The van der Waals surface area contributed by atoms with Gasteiger partial charge in [-0.2, -0.15) is 0 Å². The van der Waals surface area contributed by atoms with E-state index in [4.69, 9.17) is 5.11 Å². The van der Waals surface area contributed by atoms with Gasteiger partial charge in [0.1, 0.15) is 18.3 Å². The number of carboxylic acids is 1. The lowest BCUT2D eigenvalue weighted by Gasteiger charge is -2.25. The number of hydrogen-bond donors (Lipinski definition) is 6. The Morgan fingerprint density at radius 3 is 1.83 bits per heavy atom. The summed E-state index contributed by atoms with van der Waals surface area (Å²) in [6.45, 7) is 4.27. The fourth-order valence-electron chi connectivity index (χ4n) is 2.12. The molecule has 0 saturated heterocycles.